The Morgan fingerprint density at radius 2 is 1.67 bits per heavy atom. The van der Waals surface area contributed by atoms with Crippen LogP contribution in [0, 0.1) is 6.92 Å². The fourth-order valence-corrected chi connectivity index (χ4v) is 2.81. The van der Waals surface area contributed by atoms with Crippen LogP contribution in [0.1, 0.15) is 12.0 Å². The Morgan fingerprint density at radius 3 is 2.12 bits per heavy atom. The first-order valence-corrected chi connectivity index (χ1v) is 10.2. The highest BCUT2D eigenvalue weighted by Crippen LogP contribution is 2.08. The molecule has 0 bridgehead atoms. The maximum absolute atomic E-state index is 10.5. The number of aryl methyl sites for hydroxylation is 1. The molecule has 0 radical (unpaired) electrons. The van der Waals surface area contributed by atoms with E-state index in [2.05, 4.69) is 0 Å². The van der Waals surface area contributed by atoms with E-state index in [1.165, 1.54) is 12.1 Å². The first kappa shape index (κ1) is 20.4. The van der Waals surface area contributed by atoms with Crippen LogP contribution in [-0.2, 0) is 20.2 Å². The normalized spacial score (nSPS) is 14.2. The molecular formula is C15H21NO6S2. The number of benzene rings is 1. The lowest BCUT2D eigenvalue weighted by molar-refractivity contribution is 0.406. The maximum Gasteiger partial charge on any atom is 0.294 e. The topological polar surface area (TPSA) is 112 Å². The predicted molar refractivity (Wildman–Crippen MR) is 91.9 cm³/mol. The van der Waals surface area contributed by atoms with Gasteiger partial charge >= 0.3 is 0 Å². The van der Waals surface area contributed by atoms with Gasteiger partial charge in [0, 0.05) is 13.1 Å². The summed E-state index contributed by atoms with van der Waals surface area (Å²) in [6.45, 7) is 3.30. The van der Waals surface area contributed by atoms with Gasteiger partial charge in [0.15, 0.2) is 0 Å². The van der Waals surface area contributed by atoms with E-state index < -0.39 is 20.2 Å². The van der Waals surface area contributed by atoms with E-state index in [1.807, 2.05) is 36.3 Å². The third-order valence-corrected chi connectivity index (χ3v) is 4.72. The molecular weight excluding hydrogens is 354 g/mol. The van der Waals surface area contributed by atoms with Crippen LogP contribution in [0.25, 0.3) is 0 Å². The number of nitrogens with zero attached hydrogens (tertiary/aromatic N) is 1. The van der Waals surface area contributed by atoms with E-state index in [1.54, 1.807) is 12.1 Å². The van der Waals surface area contributed by atoms with Gasteiger partial charge in [-0.1, -0.05) is 29.8 Å². The van der Waals surface area contributed by atoms with Gasteiger partial charge in [-0.15, -0.1) is 0 Å². The summed E-state index contributed by atoms with van der Waals surface area (Å²) in [4.78, 5) is 1.92. The lowest BCUT2D eigenvalue weighted by Crippen LogP contribution is -2.22. The molecule has 24 heavy (non-hydrogen) atoms. The molecule has 0 saturated heterocycles. The maximum atomic E-state index is 10.5. The van der Waals surface area contributed by atoms with Crippen LogP contribution in [0.4, 0.5) is 0 Å². The van der Waals surface area contributed by atoms with E-state index in [9.17, 15) is 16.8 Å². The number of allylic oxidation sites excluding steroid dienone is 2. The van der Waals surface area contributed by atoms with Crippen molar-refractivity contribution >= 4 is 20.2 Å². The second kappa shape index (κ2) is 8.97. The summed E-state index contributed by atoms with van der Waals surface area (Å²) in [5.74, 6) is -0.166. The minimum atomic E-state index is -4.02. The highest BCUT2D eigenvalue weighted by atomic mass is 32.2. The molecule has 0 atom stereocenters. The lowest BCUT2D eigenvalue weighted by atomic mass is 10.2. The van der Waals surface area contributed by atoms with Crippen molar-refractivity contribution in [3.8, 4) is 0 Å². The first-order chi connectivity index (χ1) is 11.1. The van der Waals surface area contributed by atoms with Crippen LogP contribution in [0.15, 0.2) is 53.6 Å². The van der Waals surface area contributed by atoms with Crippen molar-refractivity contribution in [2.45, 2.75) is 18.2 Å². The molecule has 1 aromatic rings. The molecule has 0 fully saturated rings. The third kappa shape index (κ3) is 8.82. The fourth-order valence-electron chi connectivity index (χ4n) is 1.83. The molecule has 7 nitrogen and oxygen atoms in total. The molecule has 0 aliphatic carbocycles. The average molecular weight is 375 g/mol. The van der Waals surface area contributed by atoms with Gasteiger partial charge in [-0.25, -0.2) is 0 Å². The van der Waals surface area contributed by atoms with E-state index >= 15 is 0 Å². The van der Waals surface area contributed by atoms with E-state index in [0.29, 0.717) is 13.0 Å². The molecule has 0 spiro atoms. The summed E-state index contributed by atoms with van der Waals surface area (Å²) in [5, 5.41) is 0. The Balaban J connectivity index is 0.000000243. The van der Waals surface area contributed by atoms with Gasteiger partial charge in [0.25, 0.3) is 20.2 Å². The SMILES string of the molecule is Cc1ccc(S(=O)(=O)O)cc1.O=S(=O)(O)CCCN1C=CC=CC1. The molecule has 1 aliphatic rings. The van der Waals surface area contributed by atoms with E-state index in [-0.39, 0.29) is 10.6 Å². The predicted octanol–water partition coefficient (Wildman–Crippen LogP) is 1.89. The molecule has 0 saturated carbocycles. The van der Waals surface area contributed by atoms with Gasteiger partial charge in [0.2, 0.25) is 0 Å². The molecule has 2 N–H and O–H groups in total. The Labute approximate surface area is 142 Å². The van der Waals surface area contributed by atoms with E-state index in [0.717, 1.165) is 12.1 Å². The summed E-state index contributed by atoms with van der Waals surface area (Å²) in [7, 11) is -7.81. The minimum Gasteiger partial charge on any atom is -0.374 e. The zero-order valence-electron chi connectivity index (χ0n) is 13.2. The minimum absolute atomic E-state index is 0.0666. The molecule has 134 valence electrons. The number of rotatable bonds is 5. The van der Waals surface area contributed by atoms with Gasteiger partial charge in [-0.2, -0.15) is 16.8 Å². The van der Waals surface area contributed by atoms with Crippen LogP contribution in [0.5, 0.6) is 0 Å². The molecule has 9 heteroatoms. The monoisotopic (exact) mass is 375 g/mol. The average Bonchev–Trinajstić information content (AvgIpc) is 2.47. The highest BCUT2D eigenvalue weighted by Gasteiger charge is 2.07. The Morgan fingerprint density at radius 1 is 1.04 bits per heavy atom. The molecule has 1 aromatic carbocycles. The highest BCUT2D eigenvalue weighted by molar-refractivity contribution is 7.86. The molecule has 0 amide bonds. The van der Waals surface area contributed by atoms with Gasteiger partial charge in [0.05, 0.1) is 10.6 Å². The molecule has 0 aromatic heterocycles. The molecule has 1 heterocycles. The number of hydrogen-bond donors (Lipinski definition) is 2. The summed E-state index contributed by atoms with van der Waals surface area (Å²) in [6, 6.07) is 5.99. The standard InChI is InChI=1S/C8H13NO3S.C7H8O3S/c10-13(11,12)8-4-7-9-5-2-1-3-6-9;1-6-2-4-7(5-3-6)11(8,9)10/h1-3,5H,4,6-8H2,(H,10,11,12);2-5H,1H3,(H,8,9,10). The second-order valence-corrected chi connectivity index (χ2v) is 8.19. The smallest absolute Gasteiger partial charge is 0.294 e. The number of hydrogen-bond acceptors (Lipinski definition) is 5. The Bertz CT molecular complexity index is 780. The Kier molecular flexibility index (Phi) is 7.61. The van der Waals surface area contributed by atoms with Crippen LogP contribution in [-0.4, -0.2) is 49.7 Å². The van der Waals surface area contributed by atoms with Gasteiger partial charge in [-0.3, -0.25) is 9.11 Å². The first-order valence-electron chi connectivity index (χ1n) is 7.14. The van der Waals surface area contributed by atoms with Crippen molar-refractivity contribution in [3.63, 3.8) is 0 Å². The van der Waals surface area contributed by atoms with Gasteiger partial charge in [0.1, 0.15) is 0 Å². The van der Waals surface area contributed by atoms with Crippen molar-refractivity contribution in [2.75, 3.05) is 18.8 Å². The summed E-state index contributed by atoms with van der Waals surface area (Å²) >= 11 is 0. The third-order valence-electron chi connectivity index (χ3n) is 3.05. The van der Waals surface area contributed by atoms with Crippen molar-refractivity contribution < 1.29 is 25.9 Å². The fraction of sp³-hybridized carbons (Fsp3) is 0.333. The zero-order valence-corrected chi connectivity index (χ0v) is 14.9. The van der Waals surface area contributed by atoms with Crippen molar-refractivity contribution in [2.24, 2.45) is 0 Å². The van der Waals surface area contributed by atoms with E-state index in [4.69, 9.17) is 9.11 Å². The second-order valence-electron chi connectivity index (χ2n) is 5.19. The summed E-state index contributed by atoms with van der Waals surface area (Å²) in [5.41, 5.74) is 0.956. The molecule has 1 aliphatic heterocycles. The van der Waals surface area contributed by atoms with Crippen LogP contribution in [0.2, 0.25) is 0 Å². The summed E-state index contributed by atoms with van der Waals surface area (Å²) < 4.78 is 58.8. The van der Waals surface area contributed by atoms with Crippen molar-refractivity contribution in [1.82, 2.24) is 4.90 Å². The molecule has 2 rings (SSSR count). The zero-order chi connectivity index (χ0) is 18.2. The quantitative estimate of drug-likeness (QED) is 0.756. The summed E-state index contributed by atoms with van der Waals surface area (Å²) in [6.07, 6.45) is 8.20. The Hall–Kier alpha value is -1.68. The molecule has 0 unspecified atom stereocenters. The van der Waals surface area contributed by atoms with Crippen molar-refractivity contribution in [3.05, 3.63) is 54.3 Å². The largest absolute Gasteiger partial charge is 0.374 e. The lowest BCUT2D eigenvalue weighted by Gasteiger charge is -2.19. The van der Waals surface area contributed by atoms with Gasteiger partial charge < -0.3 is 4.90 Å². The van der Waals surface area contributed by atoms with Crippen LogP contribution >= 0.6 is 0 Å². The van der Waals surface area contributed by atoms with Gasteiger partial charge in [-0.05, 0) is 37.8 Å². The van der Waals surface area contributed by atoms with Crippen LogP contribution in [0.3, 0.4) is 0 Å². The van der Waals surface area contributed by atoms with Crippen molar-refractivity contribution in [1.29, 1.82) is 0 Å². The van der Waals surface area contributed by atoms with Crippen LogP contribution < -0.4 is 0 Å².